The Morgan fingerprint density at radius 3 is 2.46 bits per heavy atom. The Morgan fingerprint density at radius 1 is 1.18 bits per heavy atom. The molecule has 0 aromatic heterocycles. The zero-order valence-corrected chi connectivity index (χ0v) is 16.5. The van der Waals surface area contributed by atoms with Crippen LogP contribution in [0, 0.1) is 5.82 Å². The molecule has 1 aliphatic heterocycles. The second-order valence-electron chi connectivity index (χ2n) is 7.05. The number of halogens is 1. The molecule has 3 rings (SSSR count). The van der Waals surface area contributed by atoms with E-state index in [2.05, 4.69) is 17.1 Å². The standard InChI is InChI=1S/C23H27FN2O2/c1-3-22(18-6-10-21(28-2)11-7-18)25-23(27)19-12-14-26(15-13-19)16-17-4-8-20(24)9-5-17/h4-12,22H,3,13-16H2,1-2H3,(H,25,27)/t22-/m0/s1. The molecule has 1 atom stereocenters. The van der Waals surface area contributed by atoms with E-state index < -0.39 is 0 Å². The molecule has 5 heteroatoms. The first-order valence-corrected chi connectivity index (χ1v) is 9.69. The van der Waals surface area contributed by atoms with Crippen LogP contribution in [0.25, 0.3) is 0 Å². The van der Waals surface area contributed by atoms with Gasteiger partial charge in [-0.05, 0) is 48.2 Å². The SMILES string of the molecule is CC[C@H](NC(=O)C1=CCN(Cc2ccc(F)cc2)CC1)c1ccc(OC)cc1. The third-order valence-corrected chi connectivity index (χ3v) is 5.14. The van der Waals surface area contributed by atoms with Crippen molar-refractivity contribution in [3.8, 4) is 5.75 Å². The van der Waals surface area contributed by atoms with E-state index in [1.165, 1.54) is 12.1 Å². The summed E-state index contributed by atoms with van der Waals surface area (Å²) in [7, 11) is 1.64. The lowest BCUT2D eigenvalue weighted by Gasteiger charge is -2.27. The molecule has 0 saturated carbocycles. The number of rotatable bonds is 7. The van der Waals surface area contributed by atoms with E-state index in [1.54, 1.807) is 7.11 Å². The number of nitrogens with one attached hydrogen (secondary N) is 1. The van der Waals surface area contributed by atoms with Gasteiger partial charge in [-0.25, -0.2) is 4.39 Å². The van der Waals surface area contributed by atoms with E-state index in [4.69, 9.17) is 4.74 Å². The average Bonchev–Trinajstić information content (AvgIpc) is 2.74. The number of nitrogens with zero attached hydrogens (tertiary/aromatic N) is 1. The number of amides is 1. The predicted octanol–water partition coefficient (Wildman–Crippen LogP) is 4.23. The number of ether oxygens (including phenoxy) is 1. The quantitative estimate of drug-likeness (QED) is 0.779. The monoisotopic (exact) mass is 382 g/mol. The van der Waals surface area contributed by atoms with Gasteiger partial charge in [0.2, 0.25) is 5.91 Å². The minimum Gasteiger partial charge on any atom is -0.497 e. The van der Waals surface area contributed by atoms with E-state index in [0.29, 0.717) is 6.42 Å². The Labute approximate surface area is 166 Å². The second kappa shape index (κ2) is 9.51. The molecule has 0 radical (unpaired) electrons. The van der Waals surface area contributed by atoms with Gasteiger partial charge < -0.3 is 10.1 Å². The van der Waals surface area contributed by atoms with Crippen LogP contribution in [0.2, 0.25) is 0 Å². The van der Waals surface area contributed by atoms with Gasteiger partial charge in [-0.2, -0.15) is 0 Å². The van der Waals surface area contributed by atoms with Crippen LogP contribution in [0.15, 0.2) is 60.2 Å². The molecule has 0 spiro atoms. The van der Waals surface area contributed by atoms with Crippen molar-refractivity contribution in [1.29, 1.82) is 0 Å². The maximum Gasteiger partial charge on any atom is 0.247 e. The molecule has 0 bridgehead atoms. The van der Waals surface area contributed by atoms with Gasteiger partial charge in [0.15, 0.2) is 0 Å². The summed E-state index contributed by atoms with van der Waals surface area (Å²) in [6.07, 6.45) is 3.54. The molecule has 28 heavy (non-hydrogen) atoms. The van der Waals surface area contributed by atoms with Crippen molar-refractivity contribution in [2.45, 2.75) is 32.4 Å². The number of carbonyl (C=O) groups excluding carboxylic acids is 1. The Morgan fingerprint density at radius 2 is 1.89 bits per heavy atom. The van der Waals surface area contributed by atoms with Gasteiger partial charge in [0.05, 0.1) is 13.2 Å². The predicted molar refractivity (Wildman–Crippen MR) is 109 cm³/mol. The average molecular weight is 382 g/mol. The molecule has 1 amide bonds. The summed E-state index contributed by atoms with van der Waals surface area (Å²) in [5.41, 5.74) is 2.99. The summed E-state index contributed by atoms with van der Waals surface area (Å²) in [5, 5.41) is 3.15. The fourth-order valence-corrected chi connectivity index (χ4v) is 3.42. The normalized spacial score (nSPS) is 15.6. The lowest BCUT2D eigenvalue weighted by Crippen LogP contribution is -2.35. The summed E-state index contributed by atoms with van der Waals surface area (Å²) in [6, 6.07) is 14.4. The highest BCUT2D eigenvalue weighted by atomic mass is 19.1. The summed E-state index contributed by atoms with van der Waals surface area (Å²) in [4.78, 5) is 15.0. The van der Waals surface area contributed by atoms with E-state index in [9.17, 15) is 9.18 Å². The Bertz CT molecular complexity index is 816. The van der Waals surface area contributed by atoms with Crippen LogP contribution in [0.5, 0.6) is 5.75 Å². The van der Waals surface area contributed by atoms with Crippen LogP contribution in [0.4, 0.5) is 4.39 Å². The van der Waals surface area contributed by atoms with Gasteiger partial charge in [0.25, 0.3) is 0 Å². The van der Waals surface area contributed by atoms with Crippen LogP contribution in [-0.2, 0) is 11.3 Å². The lowest BCUT2D eigenvalue weighted by molar-refractivity contribution is -0.118. The maximum absolute atomic E-state index is 13.0. The first kappa shape index (κ1) is 20.1. The first-order chi connectivity index (χ1) is 13.6. The van der Waals surface area contributed by atoms with Gasteiger partial charge in [0.1, 0.15) is 11.6 Å². The minimum absolute atomic E-state index is 0.00380. The number of benzene rings is 2. The maximum atomic E-state index is 13.0. The largest absolute Gasteiger partial charge is 0.497 e. The molecule has 148 valence electrons. The third-order valence-electron chi connectivity index (χ3n) is 5.14. The highest BCUT2D eigenvalue weighted by molar-refractivity contribution is 5.93. The number of carbonyl (C=O) groups is 1. The molecular weight excluding hydrogens is 355 g/mol. The van der Waals surface area contributed by atoms with Crippen molar-refractivity contribution >= 4 is 5.91 Å². The molecular formula is C23H27FN2O2. The van der Waals surface area contributed by atoms with E-state index >= 15 is 0 Å². The highest BCUT2D eigenvalue weighted by Crippen LogP contribution is 2.22. The van der Waals surface area contributed by atoms with Crippen molar-refractivity contribution < 1.29 is 13.9 Å². The minimum atomic E-state index is -0.219. The zero-order chi connectivity index (χ0) is 19.9. The van der Waals surface area contributed by atoms with Crippen LogP contribution < -0.4 is 10.1 Å². The van der Waals surface area contributed by atoms with Crippen LogP contribution in [0.1, 0.15) is 36.9 Å². The van der Waals surface area contributed by atoms with E-state index in [-0.39, 0.29) is 17.8 Å². The van der Waals surface area contributed by atoms with Crippen molar-refractivity contribution in [3.05, 3.63) is 77.1 Å². The summed E-state index contributed by atoms with van der Waals surface area (Å²) >= 11 is 0. The fourth-order valence-electron chi connectivity index (χ4n) is 3.42. The van der Waals surface area contributed by atoms with Gasteiger partial charge in [0, 0.05) is 25.2 Å². The first-order valence-electron chi connectivity index (χ1n) is 9.69. The number of hydrogen-bond acceptors (Lipinski definition) is 3. The van der Waals surface area contributed by atoms with Gasteiger partial charge >= 0.3 is 0 Å². The van der Waals surface area contributed by atoms with E-state index in [1.807, 2.05) is 42.5 Å². The third kappa shape index (κ3) is 5.20. The zero-order valence-electron chi connectivity index (χ0n) is 16.5. The molecule has 0 fully saturated rings. The van der Waals surface area contributed by atoms with Crippen LogP contribution in [0.3, 0.4) is 0 Å². The van der Waals surface area contributed by atoms with Crippen molar-refractivity contribution in [3.63, 3.8) is 0 Å². The van der Waals surface area contributed by atoms with Crippen molar-refractivity contribution in [2.75, 3.05) is 20.2 Å². The van der Waals surface area contributed by atoms with Crippen molar-refractivity contribution in [1.82, 2.24) is 10.2 Å². The summed E-state index contributed by atoms with van der Waals surface area (Å²) in [6.45, 7) is 4.36. The second-order valence-corrected chi connectivity index (χ2v) is 7.05. The summed E-state index contributed by atoms with van der Waals surface area (Å²) < 4.78 is 18.2. The molecule has 1 heterocycles. The fraction of sp³-hybridized carbons (Fsp3) is 0.348. The van der Waals surface area contributed by atoms with Gasteiger partial charge in [-0.15, -0.1) is 0 Å². The molecule has 0 aliphatic carbocycles. The number of methoxy groups -OCH3 is 1. The van der Waals surface area contributed by atoms with Gasteiger partial charge in [-0.3, -0.25) is 9.69 Å². The molecule has 2 aromatic rings. The van der Waals surface area contributed by atoms with Crippen LogP contribution in [-0.4, -0.2) is 31.0 Å². The molecule has 4 nitrogen and oxygen atoms in total. The van der Waals surface area contributed by atoms with Gasteiger partial charge in [-0.1, -0.05) is 37.3 Å². The lowest BCUT2D eigenvalue weighted by atomic mass is 10.0. The molecule has 1 N–H and O–H groups in total. The Kier molecular flexibility index (Phi) is 6.82. The smallest absolute Gasteiger partial charge is 0.247 e. The number of hydrogen-bond donors (Lipinski definition) is 1. The van der Waals surface area contributed by atoms with Crippen molar-refractivity contribution in [2.24, 2.45) is 0 Å². The van der Waals surface area contributed by atoms with E-state index in [0.717, 1.165) is 48.5 Å². The molecule has 2 aromatic carbocycles. The molecule has 1 aliphatic rings. The summed E-state index contributed by atoms with van der Waals surface area (Å²) in [5.74, 6) is 0.592. The topological polar surface area (TPSA) is 41.6 Å². The molecule has 0 saturated heterocycles. The highest BCUT2D eigenvalue weighted by Gasteiger charge is 2.20. The molecule has 0 unspecified atom stereocenters. The Hall–Kier alpha value is -2.66. The Balaban J connectivity index is 1.56. The van der Waals surface area contributed by atoms with Crippen LogP contribution >= 0.6 is 0 Å².